The van der Waals surface area contributed by atoms with Gasteiger partial charge in [0.25, 0.3) is 5.91 Å². The van der Waals surface area contributed by atoms with E-state index in [1.807, 2.05) is 32.7 Å². The smallest absolute Gasteiger partial charge is 0.258 e. The number of benzene rings is 1. The van der Waals surface area contributed by atoms with E-state index >= 15 is 0 Å². The van der Waals surface area contributed by atoms with E-state index in [2.05, 4.69) is 5.10 Å². The van der Waals surface area contributed by atoms with Crippen LogP contribution >= 0.6 is 0 Å². The molecule has 4 nitrogen and oxygen atoms in total. The van der Waals surface area contributed by atoms with E-state index in [0.29, 0.717) is 12.0 Å². The van der Waals surface area contributed by atoms with E-state index in [0.717, 1.165) is 16.8 Å². The molecule has 1 aromatic carbocycles. The highest BCUT2D eigenvalue weighted by molar-refractivity contribution is 5.95. The van der Waals surface area contributed by atoms with Gasteiger partial charge in [0.15, 0.2) is 0 Å². The summed E-state index contributed by atoms with van der Waals surface area (Å²) in [4.78, 5) is 14.8. The Morgan fingerprint density at radius 2 is 2.09 bits per heavy atom. The normalized spacial score (nSPS) is 20.9. The molecule has 1 aliphatic rings. The maximum atomic E-state index is 13.4. The van der Waals surface area contributed by atoms with Crippen LogP contribution in [0, 0.1) is 12.7 Å². The number of hydrogen-bond acceptors (Lipinski definition) is 2. The Labute approximate surface area is 129 Å². The van der Waals surface area contributed by atoms with Crippen molar-refractivity contribution >= 4 is 5.91 Å². The van der Waals surface area contributed by atoms with Crippen molar-refractivity contribution < 1.29 is 9.18 Å². The third kappa shape index (κ3) is 2.30. The van der Waals surface area contributed by atoms with Crippen molar-refractivity contribution in [1.82, 2.24) is 14.7 Å². The maximum Gasteiger partial charge on any atom is 0.258 e. The highest BCUT2D eigenvalue weighted by atomic mass is 19.1. The first-order valence-electron chi connectivity index (χ1n) is 7.49. The van der Waals surface area contributed by atoms with Crippen molar-refractivity contribution in [3.05, 3.63) is 52.6 Å². The summed E-state index contributed by atoms with van der Waals surface area (Å²) in [5.41, 5.74) is 3.38. The molecule has 1 aliphatic heterocycles. The topological polar surface area (TPSA) is 38.1 Å². The van der Waals surface area contributed by atoms with E-state index in [-0.39, 0.29) is 23.8 Å². The van der Waals surface area contributed by atoms with Gasteiger partial charge in [-0.1, -0.05) is 6.07 Å². The van der Waals surface area contributed by atoms with Crippen LogP contribution < -0.4 is 0 Å². The van der Waals surface area contributed by atoms with Gasteiger partial charge in [0.2, 0.25) is 0 Å². The number of carbonyl (C=O) groups excluding carboxylic acids is 1. The maximum absolute atomic E-state index is 13.4. The zero-order valence-electron chi connectivity index (χ0n) is 13.3. The lowest BCUT2D eigenvalue weighted by molar-refractivity contribution is 0.0579. The zero-order valence-corrected chi connectivity index (χ0v) is 13.3. The highest BCUT2D eigenvalue weighted by Crippen LogP contribution is 2.34. The Morgan fingerprint density at radius 1 is 1.36 bits per heavy atom. The standard InChI is InChI=1S/C17H20FN3O/c1-10-7-13-8-14(18)5-6-15(13)12(3)21(10)17(22)16-9-20(4)19-11(16)2/h5-6,8-10,12H,7H2,1-4H3/t10-,12-/m0/s1. The van der Waals surface area contributed by atoms with Gasteiger partial charge >= 0.3 is 0 Å². The molecule has 2 aromatic rings. The fourth-order valence-corrected chi connectivity index (χ4v) is 3.43. The molecule has 3 rings (SSSR count). The van der Waals surface area contributed by atoms with Crippen LogP contribution in [0.2, 0.25) is 0 Å². The number of nitrogens with zero attached hydrogens (tertiary/aromatic N) is 3. The molecule has 2 atom stereocenters. The Hall–Kier alpha value is -2.17. The van der Waals surface area contributed by atoms with Crippen LogP contribution in [0.5, 0.6) is 0 Å². The van der Waals surface area contributed by atoms with Crippen LogP contribution in [0.1, 0.15) is 47.1 Å². The van der Waals surface area contributed by atoms with Gasteiger partial charge < -0.3 is 4.90 Å². The number of hydrogen-bond donors (Lipinski definition) is 0. The second kappa shape index (κ2) is 5.23. The Kier molecular flexibility index (Phi) is 3.51. The molecule has 0 aliphatic carbocycles. The third-order valence-corrected chi connectivity index (χ3v) is 4.44. The van der Waals surface area contributed by atoms with Crippen LogP contribution in [0.4, 0.5) is 4.39 Å². The monoisotopic (exact) mass is 301 g/mol. The minimum Gasteiger partial charge on any atom is -0.329 e. The Morgan fingerprint density at radius 3 is 2.73 bits per heavy atom. The number of amides is 1. The number of fused-ring (bicyclic) bond motifs is 1. The fraction of sp³-hybridized carbons (Fsp3) is 0.412. The average Bonchev–Trinajstić information content (AvgIpc) is 2.77. The van der Waals surface area contributed by atoms with Gasteiger partial charge in [-0.3, -0.25) is 9.48 Å². The molecule has 5 heteroatoms. The summed E-state index contributed by atoms with van der Waals surface area (Å²) >= 11 is 0. The minimum atomic E-state index is -0.221. The molecular formula is C17H20FN3O. The predicted molar refractivity (Wildman–Crippen MR) is 82.1 cm³/mol. The molecule has 0 spiro atoms. The van der Waals surface area contributed by atoms with Gasteiger partial charge in [-0.2, -0.15) is 5.10 Å². The van der Waals surface area contributed by atoms with Gasteiger partial charge in [0.05, 0.1) is 17.3 Å². The first-order chi connectivity index (χ1) is 10.4. The predicted octanol–water partition coefficient (Wildman–Crippen LogP) is 3.02. The van der Waals surface area contributed by atoms with Gasteiger partial charge in [-0.15, -0.1) is 0 Å². The van der Waals surface area contributed by atoms with Crippen LogP contribution in [-0.2, 0) is 13.5 Å². The number of aryl methyl sites for hydroxylation is 2. The molecule has 0 fully saturated rings. The first kappa shape index (κ1) is 14.8. The van der Waals surface area contributed by atoms with E-state index in [1.165, 1.54) is 6.07 Å². The van der Waals surface area contributed by atoms with E-state index < -0.39 is 0 Å². The molecule has 0 unspecified atom stereocenters. The molecule has 116 valence electrons. The van der Waals surface area contributed by atoms with Crippen molar-refractivity contribution in [2.75, 3.05) is 0 Å². The van der Waals surface area contributed by atoms with Crippen molar-refractivity contribution in [2.24, 2.45) is 7.05 Å². The lowest BCUT2D eigenvalue weighted by atomic mass is 9.89. The zero-order chi connectivity index (χ0) is 16.0. The van der Waals surface area contributed by atoms with Crippen molar-refractivity contribution in [3.8, 4) is 0 Å². The first-order valence-corrected chi connectivity index (χ1v) is 7.49. The van der Waals surface area contributed by atoms with Crippen LogP contribution in [0.3, 0.4) is 0 Å². The van der Waals surface area contributed by atoms with E-state index in [9.17, 15) is 9.18 Å². The van der Waals surface area contributed by atoms with Crippen LogP contribution in [-0.4, -0.2) is 26.6 Å². The molecular weight excluding hydrogens is 281 g/mol. The number of aromatic nitrogens is 2. The summed E-state index contributed by atoms with van der Waals surface area (Å²) in [7, 11) is 1.81. The Bertz CT molecular complexity index is 738. The molecule has 0 saturated heterocycles. The molecule has 2 heterocycles. The quantitative estimate of drug-likeness (QED) is 0.812. The van der Waals surface area contributed by atoms with Crippen molar-refractivity contribution in [3.63, 3.8) is 0 Å². The van der Waals surface area contributed by atoms with Gasteiger partial charge in [-0.25, -0.2) is 4.39 Å². The highest BCUT2D eigenvalue weighted by Gasteiger charge is 2.34. The number of rotatable bonds is 1. The van der Waals surface area contributed by atoms with Crippen molar-refractivity contribution in [2.45, 2.75) is 39.3 Å². The van der Waals surface area contributed by atoms with Crippen LogP contribution in [0.25, 0.3) is 0 Å². The lowest BCUT2D eigenvalue weighted by Crippen LogP contribution is -2.45. The third-order valence-electron chi connectivity index (χ3n) is 4.44. The summed E-state index contributed by atoms with van der Waals surface area (Å²) in [5, 5.41) is 4.25. The van der Waals surface area contributed by atoms with Crippen LogP contribution in [0.15, 0.2) is 24.4 Å². The van der Waals surface area contributed by atoms with Gasteiger partial charge in [-0.05, 0) is 50.5 Å². The average molecular weight is 301 g/mol. The molecule has 1 aromatic heterocycles. The fourth-order valence-electron chi connectivity index (χ4n) is 3.43. The SMILES string of the molecule is Cc1nn(C)cc1C(=O)N1[C@@H](C)Cc2cc(F)ccc2[C@@H]1C. The summed E-state index contributed by atoms with van der Waals surface area (Å²) in [6.45, 7) is 5.85. The summed E-state index contributed by atoms with van der Waals surface area (Å²) in [5.74, 6) is -0.235. The van der Waals surface area contributed by atoms with Gasteiger partial charge in [0, 0.05) is 19.3 Å². The lowest BCUT2D eigenvalue weighted by Gasteiger charge is -2.40. The molecule has 0 bridgehead atoms. The second-order valence-electron chi connectivity index (χ2n) is 6.09. The van der Waals surface area contributed by atoms with Gasteiger partial charge in [0.1, 0.15) is 5.82 Å². The molecule has 0 N–H and O–H groups in total. The largest absolute Gasteiger partial charge is 0.329 e. The Balaban J connectivity index is 1.99. The summed E-state index contributed by atoms with van der Waals surface area (Å²) in [6.07, 6.45) is 2.43. The second-order valence-corrected chi connectivity index (χ2v) is 6.09. The molecule has 1 amide bonds. The van der Waals surface area contributed by atoms with E-state index in [4.69, 9.17) is 0 Å². The molecule has 22 heavy (non-hydrogen) atoms. The summed E-state index contributed by atoms with van der Waals surface area (Å²) < 4.78 is 15.1. The number of carbonyl (C=O) groups is 1. The molecule has 0 saturated carbocycles. The van der Waals surface area contributed by atoms with Crippen molar-refractivity contribution in [1.29, 1.82) is 0 Å². The van der Waals surface area contributed by atoms with E-state index in [1.54, 1.807) is 23.0 Å². The number of halogens is 1. The molecule has 0 radical (unpaired) electrons. The summed E-state index contributed by atoms with van der Waals surface area (Å²) in [6, 6.07) is 4.78. The minimum absolute atomic E-state index is 0.0134.